The Morgan fingerprint density at radius 1 is 1.22 bits per heavy atom. The molecule has 0 aliphatic heterocycles. The monoisotopic (exact) mass is 554 g/mol. The summed E-state index contributed by atoms with van der Waals surface area (Å²) in [5.41, 5.74) is 2.18. The van der Waals surface area contributed by atoms with Crippen molar-refractivity contribution in [3.8, 4) is 5.75 Å². The predicted molar refractivity (Wildman–Crippen MR) is 141 cm³/mol. The standard InChI is InChI=1S/C26H30Cl2F2N4O3/c1-16(13-31-18-6-8-20(9-7-18)37-25(29)30)34(26(35)36)19(10-17-4-2-3-5-17)14-33-15-32-23-11-21(27)22(28)12-24(23)33/h6-9,11-12,15-17,19,25,31H,2-5,10,13-14H2,1H3,(H,35,36)/t16-,19-/m0/s1. The van der Waals surface area contributed by atoms with Gasteiger partial charge in [-0.3, -0.25) is 4.90 Å². The normalized spacial score (nSPS) is 15.7. The largest absolute Gasteiger partial charge is 0.465 e. The van der Waals surface area contributed by atoms with Crippen LogP contribution in [0.4, 0.5) is 19.3 Å². The van der Waals surface area contributed by atoms with Gasteiger partial charge in [0, 0.05) is 24.8 Å². The highest BCUT2D eigenvalue weighted by Gasteiger charge is 2.32. The third-order valence-corrected chi connectivity index (χ3v) is 7.64. The van der Waals surface area contributed by atoms with E-state index in [1.165, 1.54) is 17.0 Å². The van der Waals surface area contributed by atoms with Crippen molar-refractivity contribution >= 4 is 46.0 Å². The van der Waals surface area contributed by atoms with Crippen LogP contribution in [-0.4, -0.2) is 50.9 Å². The average Bonchev–Trinajstić information content (AvgIpc) is 3.49. The van der Waals surface area contributed by atoms with Gasteiger partial charge in [-0.05, 0) is 55.7 Å². The molecular formula is C26H30Cl2F2N4O3. The number of hydrogen-bond acceptors (Lipinski definition) is 4. The molecule has 2 N–H and O–H groups in total. The highest BCUT2D eigenvalue weighted by molar-refractivity contribution is 6.42. The number of amides is 1. The van der Waals surface area contributed by atoms with Gasteiger partial charge in [-0.25, -0.2) is 9.78 Å². The Morgan fingerprint density at radius 3 is 2.54 bits per heavy atom. The molecule has 0 saturated heterocycles. The molecule has 1 heterocycles. The van der Waals surface area contributed by atoms with Crippen molar-refractivity contribution < 1.29 is 23.4 Å². The molecule has 1 saturated carbocycles. The number of fused-ring (bicyclic) bond motifs is 1. The molecule has 200 valence electrons. The van der Waals surface area contributed by atoms with E-state index in [1.807, 2.05) is 11.5 Å². The molecular weight excluding hydrogens is 525 g/mol. The maximum Gasteiger partial charge on any atom is 0.407 e. The third kappa shape index (κ3) is 6.96. The summed E-state index contributed by atoms with van der Waals surface area (Å²) in [4.78, 5) is 18.5. The predicted octanol–water partition coefficient (Wildman–Crippen LogP) is 7.37. The fourth-order valence-electron chi connectivity index (χ4n) is 5.16. The molecule has 0 radical (unpaired) electrons. The third-order valence-electron chi connectivity index (χ3n) is 6.92. The Morgan fingerprint density at radius 2 is 1.89 bits per heavy atom. The van der Waals surface area contributed by atoms with E-state index in [0.717, 1.165) is 37.6 Å². The first kappa shape index (κ1) is 27.3. The van der Waals surface area contributed by atoms with Crippen LogP contribution in [0.25, 0.3) is 11.0 Å². The molecule has 2 atom stereocenters. The molecule has 0 unspecified atom stereocenters. The number of carboxylic acid groups (broad SMARTS) is 1. The number of nitrogens with zero attached hydrogens (tertiary/aromatic N) is 3. The van der Waals surface area contributed by atoms with Crippen LogP contribution in [0.3, 0.4) is 0 Å². The topological polar surface area (TPSA) is 79.6 Å². The van der Waals surface area contributed by atoms with Crippen LogP contribution in [0, 0.1) is 5.92 Å². The Kier molecular flexibility index (Phi) is 8.97. The molecule has 3 aromatic rings. The Labute approximate surface area is 224 Å². The van der Waals surface area contributed by atoms with E-state index in [9.17, 15) is 18.7 Å². The Hall–Kier alpha value is -2.78. The van der Waals surface area contributed by atoms with Crippen LogP contribution in [0.5, 0.6) is 5.75 Å². The van der Waals surface area contributed by atoms with Crippen molar-refractivity contribution in [3.63, 3.8) is 0 Å². The molecule has 1 aromatic heterocycles. The number of halogens is 4. The summed E-state index contributed by atoms with van der Waals surface area (Å²) in [6, 6.07) is 8.95. The number of aromatic nitrogens is 2. The number of rotatable bonds is 11. The van der Waals surface area contributed by atoms with Gasteiger partial charge in [0.2, 0.25) is 0 Å². The van der Waals surface area contributed by atoms with E-state index < -0.39 is 12.7 Å². The van der Waals surface area contributed by atoms with Gasteiger partial charge in [-0.2, -0.15) is 8.78 Å². The van der Waals surface area contributed by atoms with Crippen molar-refractivity contribution in [2.24, 2.45) is 5.92 Å². The Bertz CT molecular complexity index is 1200. The van der Waals surface area contributed by atoms with E-state index in [-0.39, 0.29) is 17.8 Å². The van der Waals surface area contributed by atoms with Crippen molar-refractivity contribution in [1.29, 1.82) is 0 Å². The molecule has 7 nitrogen and oxygen atoms in total. The van der Waals surface area contributed by atoms with E-state index in [0.29, 0.717) is 40.3 Å². The average molecular weight is 555 g/mol. The summed E-state index contributed by atoms with van der Waals surface area (Å²) in [5.74, 6) is 0.522. The van der Waals surface area contributed by atoms with Gasteiger partial charge in [0.25, 0.3) is 0 Å². The minimum atomic E-state index is -2.89. The zero-order valence-electron chi connectivity index (χ0n) is 20.4. The number of hydrogen-bond donors (Lipinski definition) is 2. The van der Waals surface area contributed by atoms with Gasteiger partial charge in [-0.1, -0.05) is 48.9 Å². The molecule has 1 aliphatic rings. The van der Waals surface area contributed by atoms with Crippen LogP contribution in [0.2, 0.25) is 10.0 Å². The first-order valence-electron chi connectivity index (χ1n) is 12.3. The van der Waals surface area contributed by atoms with Gasteiger partial charge in [0.1, 0.15) is 5.75 Å². The summed E-state index contributed by atoms with van der Waals surface area (Å²) in [7, 11) is 0. The van der Waals surface area contributed by atoms with Gasteiger partial charge < -0.3 is 19.7 Å². The first-order valence-corrected chi connectivity index (χ1v) is 13.1. The van der Waals surface area contributed by atoms with E-state index in [1.54, 1.807) is 30.6 Å². The number of nitrogens with one attached hydrogen (secondary N) is 1. The van der Waals surface area contributed by atoms with E-state index in [4.69, 9.17) is 23.2 Å². The Balaban J connectivity index is 1.52. The van der Waals surface area contributed by atoms with Gasteiger partial charge in [0.15, 0.2) is 0 Å². The van der Waals surface area contributed by atoms with Crippen LogP contribution < -0.4 is 10.1 Å². The highest BCUT2D eigenvalue weighted by atomic mass is 35.5. The molecule has 0 spiro atoms. The quantitative estimate of drug-likeness (QED) is 0.258. The fraction of sp³-hybridized carbons (Fsp3) is 0.462. The lowest BCUT2D eigenvalue weighted by Gasteiger charge is -2.36. The SMILES string of the molecule is C[C@@H](CNc1ccc(OC(F)F)cc1)N(C(=O)O)[C@@H](CC1CCCC1)Cn1cnc2cc(Cl)c(Cl)cc21. The summed E-state index contributed by atoms with van der Waals surface area (Å²) in [5, 5.41) is 14.3. The lowest BCUT2D eigenvalue weighted by molar-refractivity contribution is -0.0498. The van der Waals surface area contributed by atoms with Crippen LogP contribution >= 0.6 is 23.2 Å². The smallest absolute Gasteiger partial charge is 0.407 e. The zero-order chi connectivity index (χ0) is 26.5. The molecule has 0 bridgehead atoms. The zero-order valence-corrected chi connectivity index (χ0v) is 21.9. The van der Waals surface area contributed by atoms with Gasteiger partial charge in [0.05, 0.1) is 33.4 Å². The molecule has 1 amide bonds. The van der Waals surface area contributed by atoms with Crippen molar-refractivity contribution in [2.75, 3.05) is 11.9 Å². The van der Waals surface area contributed by atoms with Gasteiger partial charge >= 0.3 is 12.7 Å². The van der Waals surface area contributed by atoms with Crippen LogP contribution in [0.15, 0.2) is 42.7 Å². The summed E-state index contributed by atoms with van der Waals surface area (Å²) in [6.45, 7) is -0.254. The summed E-state index contributed by atoms with van der Waals surface area (Å²) >= 11 is 12.4. The molecule has 1 fully saturated rings. The second kappa shape index (κ2) is 12.2. The first-order chi connectivity index (χ1) is 17.7. The van der Waals surface area contributed by atoms with Crippen molar-refractivity contribution in [3.05, 3.63) is 52.8 Å². The van der Waals surface area contributed by atoms with Crippen LogP contribution in [-0.2, 0) is 6.54 Å². The molecule has 4 rings (SSSR count). The van der Waals surface area contributed by atoms with Crippen molar-refractivity contribution in [1.82, 2.24) is 14.5 Å². The summed E-state index contributed by atoms with van der Waals surface area (Å²) in [6.07, 6.45) is 5.96. The van der Waals surface area contributed by atoms with Gasteiger partial charge in [-0.15, -0.1) is 0 Å². The minimum Gasteiger partial charge on any atom is -0.465 e. The van der Waals surface area contributed by atoms with E-state index >= 15 is 0 Å². The van der Waals surface area contributed by atoms with E-state index in [2.05, 4.69) is 15.0 Å². The molecule has 37 heavy (non-hydrogen) atoms. The lowest BCUT2D eigenvalue weighted by Crippen LogP contribution is -2.50. The van der Waals surface area contributed by atoms with Crippen molar-refractivity contribution in [2.45, 2.75) is 64.3 Å². The number of benzene rings is 2. The number of imidazole rings is 1. The molecule has 2 aromatic carbocycles. The second-order valence-corrected chi connectivity index (χ2v) is 10.3. The lowest BCUT2D eigenvalue weighted by atomic mass is 9.96. The fourth-order valence-corrected chi connectivity index (χ4v) is 5.47. The minimum absolute atomic E-state index is 0.0614. The molecule has 1 aliphatic carbocycles. The molecule has 11 heteroatoms. The maximum absolute atomic E-state index is 12.6. The number of alkyl halides is 2. The number of anilines is 1. The summed E-state index contributed by atoms with van der Waals surface area (Å²) < 4.78 is 31.1. The van der Waals surface area contributed by atoms with Crippen LogP contribution in [0.1, 0.15) is 39.0 Å². The number of carbonyl (C=O) groups is 1. The number of ether oxygens (including phenoxy) is 1. The highest BCUT2D eigenvalue weighted by Crippen LogP contribution is 2.32. The maximum atomic E-state index is 12.6. The second-order valence-electron chi connectivity index (χ2n) is 9.51.